The summed E-state index contributed by atoms with van der Waals surface area (Å²) < 4.78 is 17.7. The number of rotatable bonds is 8. The highest BCUT2D eigenvalue weighted by atomic mass is 16.6. The standard InChI is InChI=1S/C36H39N7O4/c37-15-13-28-22-42(18-19-43(28)36(44)47-24-26-7-2-1-3-8-26)34-31-14-17-41(33-12-6-10-27-9-4-5-11-30(27)33)23-32(31)39-35(40-34)46-25-29-21-38-16-20-45-29/h1-12,28-29,38H,13-14,16-25H2/t28?,29-/m0/s1. The third-order valence-electron chi connectivity index (χ3n) is 9.08. The van der Waals surface area contributed by atoms with Crippen LogP contribution in [0.15, 0.2) is 72.8 Å². The van der Waals surface area contributed by atoms with E-state index in [-0.39, 0.29) is 25.2 Å². The summed E-state index contributed by atoms with van der Waals surface area (Å²) in [5.74, 6) is 0.811. The highest BCUT2D eigenvalue weighted by Crippen LogP contribution is 2.35. The Morgan fingerprint density at radius 1 is 1.00 bits per heavy atom. The van der Waals surface area contributed by atoms with Crippen LogP contribution in [0.5, 0.6) is 6.01 Å². The van der Waals surface area contributed by atoms with Crippen LogP contribution in [0.4, 0.5) is 16.3 Å². The Balaban J connectivity index is 1.14. The van der Waals surface area contributed by atoms with Gasteiger partial charge < -0.3 is 34.2 Å². The maximum atomic E-state index is 13.2. The zero-order valence-corrected chi connectivity index (χ0v) is 26.4. The summed E-state index contributed by atoms with van der Waals surface area (Å²) in [4.78, 5) is 29.3. The number of nitriles is 1. The van der Waals surface area contributed by atoms with Gasteiger partial charge in [-0.25, -0.2) is 4.79 Å². The van der Waals surface area contributed by atoms with Gasteiger partial charge in [0, 0.05) is 55.9 Å². The lowest BCUT2D eigenvalue weighted by molar-refractivity contribution is -0.00183. The molecular formula is C36H39N7O4. The minimum absolute atomic E-state index is 0.0792. The van der Waals surface area contributed by atoms with Gasteiger partial charge >= 0.3 is 12.1 Å². The predicted octanol–water partition coefficient (Wildman–Crippen LogP) is 4.30. The van der Waals surface area contributed by atoms with Crippen molar-refractivity contribution in [1.82, 2.24) is 20.2 Å². The molecule has 47 heavy (non-hydrogen) atoms. The largest absolute Gasteiger partial charge is 0.461 e. The van der Waals surface area contributed by atoms with Crippen molar-refractivity contribution in [3.8, 4) is 12.1 Å². The minimum atomic E-state index is -0.408. The summed E-state index contributed by atoms with van der Waals surface area (Å²) in [5, 5.41) is 15.5. The number of amides is 1. The lowest BCUT2D eigenvalue weighted by Gasteiger charge is -2.42. The van der Waals surface area contributed by atoms with E-state index in [0.29, 0.717) is 51.9 Å². The zero-order chi connectivity index (χ0) is 32.0. The second-order valence-corrected chi connectivity index (χ2v) is 12.1. The van der Waals surface area contributed by atoms with Crippen molar-refractivity contribution in [3.05, 3.63) is 89.6 Å². The molecule has 0 saturated carbocycles. The summed E-state index contributed by atoms with van der Waals surface area (Å²) in [5.41, 5.74) is 4.10. The Kier molecular flexibility index (Phi) is 9.31. The Hall–Kier alpha value is -4.92. The fourth-order valence-corrected chi connectivity index (χ4v) is 6.67. The average Bonchev–Trinajstić information content (AvgIpc) is 3.13. The quantitative estimate of drug-likeness (QED) is 0.301. The average molecular weight is 634 g/mol. The molecule has 11 nitrogen and oxygen atoms in total. The third-order valence-corrected chi connectivity index (χ3v) is 9.08. The number of hydrogen-bond donors (Lipinski definition) is 1. The molecule has 7 rings (SSSR count). The molecule has 2 saturated heterocycles. The van der Waals surface area contributed by atoms with E-state index in [0.717, 1.165) is 42.1 Å². The topological polar surface area (TPSA) is 116 Å². The molecule has 0 bridgehead atoms. The monoisotopic (exact) mass is 633 g/mol. The van der Waals surface area contributed by atoms with Crippen LogP contribution in [0.2, 0.25) is 0 Å². The van der Waals surface area contributed by atoms with Crippen molar-refractivity contribution >= 4 is 28.4 Å². The van der Waals surface area contributed by atoms with E-state index >= 15 is 0 Å². The SMILES string of the molecule is N#CCC1CN(c2nc(OC[C@@H]3CNCCO3)nc3c2CCN(c2cccc4ccccc24)C3)CCN1C(=O)OCc1ccccc1. The van der Waals surface area contributed by atoms with Gasteiger partial charge in [0.25, 0.3) is 0 Å². The first-order chi connectivity index (χ1) is 23.2. The molecular weight excluding hydrogens is 594 g/mol. The molecule has 3 aromatic carbocycles. The molecule has 1 N–H and O–H groups in total. The number of ether oxygens (including phenoxy) is 3. The van der Waals surface area contributed by atoms with Crippen LogP contribution in [0.3, 0.4) is 0 Å². The Morgan fingerprint density at radius 2 is 1.85 bits per heavy atom. The summed E-state index contributed by atoms with van der Waals surface area (Å²) in [6, 6.07) is 26.7. The van der Waals surface area contributed by atoms with Gasteiger partial charge in [-0.15, -0.1) is 0 Å². The summed E-state index contributed by atoms with van der Waals surface area (Å²) in [6.07, 6.45) is 0.458. The molecule has 0 spiro atoms. The van der Waals surface area contributed by atoms with Crippen molar-refractivity contribution in [2.24, 2.45) is 0 Å². The molecule has 4 heterocycles. The number of aromatic nitrogens is 2. The van der Waals surface area contributed by atoms with Crippen LogP contribution in [0, 0.1) is 11.3 Å². The van der Waals surface area contributed by atoms with E-state index in [1.807, 2.05) is 30.3 Å². The van der Waals surface area contributed by atoms with E-state index in [1.165, 1.54) is 16.5 Å². The second kappa shape index (κ2) is 14.2. The van der Waals surface area contributed by atoms with Crippen LogP contribution < -0.4 is 19.9 Å². The molecule has 2 atom stereocenters. The number of anilines is 2. The molecule has 3 aliphatic heterocycles. The highest BCUT2D eigenvalue weighted by molar-refractivity contribution is 5.94. The van der Waals surface area contributed by atoms with Crippen molar-refractivity contribution < 1.29 is 19.0 Å². The smallest absolute Gasteiger partial charge is 0.410 e. The maximum absolute atomic E-state index is 13.2. The first-order valence-corrected chi connectivity index (χ1v) is 16.3. The molecule has 242 valence electrons. The summed E-state index contributed by atoms with van der Waals surface area (Å²) >= 11 is 0. The number of fused-ring (bicyclic) bond motifs is 2. The number of piperazine rings is 1. The van der Waals surface area contributed by atoms with E-state index in [4.69, 9.17) is 24.2 Å². The molecule has 1 amide bonds. The van der Waals surface area contributed by atoms with Crippen LogP contribution >= 0.6 is 0 Å². The van der Waals surface area contributed by atoms with Crippen molar-refractivity contribution in [2.75, 3.05) is 62.3 Å². The lowest BCUT2D eigenvalue weighted by Crippen LogP contribution is -2.55. The Morgan fingerprint density at radius 3 is 2.70 bits per heavy atom. The minimum Gasteiger partial charge on any atom is -0.461 e. The number of benzene rings is 3. The molecule has 11 heteroatoms. The van der Waals surface area contributed by atoms with E-state index < -0.39 is 6.09 Å². The number of carbonyl (C=O) groups excluding carboxylic acids is 1. The highest BCUT2D eigenvalue weighted by Gasteiger charge is 2.35. The Labute approximate surface area is 274 Å². The number of nitrogens with zero attached hydrogens (tertiary/aromatic N) is 6. The fraction of sp³-hybridized carbons (Fsp3) is 0.389. The molecule has 2 fully saturated rings. The first-order valence-electron chi connectivity index (χ1n) is 16.3. The second-order valence-electron chi connectivity index (χ2n) is 12.1. The number of carbonyl (C=O) groups is 1. The van der Waals surface area contributed by atoms with E-state index in [2.05, 4.69) is 63.7 Å². The molecule has 0 aliphatic carbocycles. The zero-order valence-electron chi connectivity index (χ0n) is 26.4. The number of morpholine rings is 1. The molecule has 0 radical (unpaired) electrons. The van der Waals surface area contributed by atoms with Crippen LogP contribution in [-0.4, -0.2) is 85.6 Å². The molecule has 1 aromatic heterocycles. The molecule has 3 aliphatic rings. The third kappa shape index (κ3) is 6.94. The van der Waals surface area contributed by atoms with E-state index in [1.54, 1.807) is 4.90 Å². The lowest BCUT2D eigenvalue weighted by atomic mass is 10.0. The van der Waals surface area contributed by atoms with Crippen molar-refractivity contribution in [2.45, 2.75) is 38.1 Å². The summed E-state index contributed by atoms with van der Waals surface area (Å²) in [6.45, 7) is 5.56. The van der Waals surface area contributed by atoms with E-state index in [9.17, 15) is 10.1 Å². The fourth-order valence-electron chi connectivity index (χ4n) is 6.67. The van der Waals surface area contributed by atoms with Crippen LogP contribution in [-0.2, 0) is 29.0 Å². The van der Waals surface area contributed by atoms with Gasteiger partial charge in [-0.05, 0) is 23.4 Å². The predicted molar refractivity (Wildman–Crippen MR) is 178 cm³/mol. The Bertz CT molecular complexity index is 1740. The van der Waals surface area contributed by atoms with Gasteiger partial charge in [0.05, 0.1) is 37.4 Å². The van der Waals surface area contributed by atoms with Gasteiger partial charge in [0.15, 0.2) is 0 Å². The maximum Gasteiger partial charge on any atom is 0.410 e. The van der Waals surface area contributed by atoms with Gasteiger partial charge in [-0.2, -0.15) is 15.2 Å². The molecule has 4 aromatic rings. The van der Waals surface area contributed by atoms with Crippen molar-refractivity contribution in [3.63, 3.8) is 0 Å². The number of nitrogens with one attached hydrogen (secondary N) is 1. The number of hydrogen-bond acceptors (Lipinski definition) is 10. The van der Waals surface area contributed by atoms with Crippen molar-refractivity contribution in [1.29, 1.82) is 5.26 Å². The van der Waals surface area contributed by atoms with Gasteiger partial charge in [-0.3, -0.25) is 0 Å². The van der Waals surface area contributed by atoms with Crippen LogP contribution in [0.25, 0.3) is 10.8 Å². The summed E-state index contributed by atoms with van der Waals surface area (Å²) in [7, 11) is 0. The van der Waals surface area contributed by atoms with Gasteiger partial charge in [0.2, 0.25) is 0 Å². The first kappa shape index (κ1) is 30.7. The molecule has 1 unspecified atom stereocenters. The van der Waals surface area contributed by atoms with Gasteiger partial charge in [-0.1, -0.05) is 66.7 Å². The van der Waals surface area contributed by atoms with Crippen LogP contribution in [0.1, 0.15) is 23.2 Å². The normalized spacial score (nSPS) is 19.6. The van der Waals surface area contributed by atoms with Gasteiger partial charge in [0.1, 0.15) is 25.1 Å².